The molecule has 0 bridgehead atoms. The summed E-state index contributed by atoms with van der Waals surface area (Å²) in [4.78, 5) is 16.7. The van der Waals surface area contributed by atoms with E-state index in [0.717, 1.165) is 34.8 Å². The average Bonchev–Trinajstić information content (AvgIpc) is 3.06. The fourth-order valence-corrected chi connectivity index (χ4v) is 3.22. The molecule has 0 aliphatic carbocycles. The number of rotatable bonds is 6. The minimum Gasteiger partial charge on any atom is -0.338 e. The van der Waals surface area contributed by atoms with Crippen LogP contribution in [0.1, 0.15) is 17.0 Å². The Kier molecular flexibility index (Phi) is 5.80. The molecule has 0 aliphatic rings. The molecule has 0 radical (unpaired) electrons. The summed E-state index contributed by atoms with van der Waals surface area (Å²) in [5.74, 6) is 0. The third-order valence-corrected chi connectivity index (χ3v) is 4.61. The van der Waals surface area contributed by atoms with Gasteiger partial charge >= 0.3 is 6.03 Å². The Hall–Kier alpha value is -2.66. The monoisotopic (exact) mass is 351 g/mol. The fraction of sp³-hybridized carbons (Fsp3) is 0.200. The van der Waals surface area contributed by atoms with E-state index in [1.165, 1.54) is 5.56 Å². The standard InChI is InChI=1S/C20H21N3OS/c1-15-22-19(14-25-15)17-11-5-6-12-18(17)23-20(24)21-13-7-10-16-8-3-2-4-9-16/h2-6,8-9,11-12,14H,7,10,13H2,1H3,(H2,21,23,24). The summed E-state index contributed by atoms with van der Waals surface area (Å²) in [6.45, 7) is 2.61. The Labute approximate surface area is 151 Å². The van der Waals surface area contributed by atoms with Gasteiger partial charge < -0.3 is 10.6 Å². The molecule has 1 heterocycles. The number of aryl methyl sites for hydroxylation is 2. The lowest BCUT2D eigenvalue weighted by atomic mass is 10.1. The number of thiazole rings is 1. The highest BCUT2D eigenvalue weighted by atomic mass is 32.1. The second kappa shape index (κ2) is 8.44. The molecule has 128 valence electrons. The lowest BCUT2D eigenvalue weighted by molar-refractivity contribution is 0.252. The molecule has 0 saturated heterocycles. The number of urea groups is 1. The molecule has 4 nitrogen and oxygen atoms in total. The van der Waals surface area contributed by atoms with E-state index in [0.29, 0.717) is 6.54 Å². The van der Waals surface area contributed by atoms with Crippen LogP contribution in [0.15, 0.2) is 60.0 Å². The SMILES string of the molecule is Cc1nc(-c2ccccc2NC(=O)NCCCc2ccccc2)cs1. The van der Waals surface area contributed by atoms with Crippen molar-refractivity contribution < 1.29 is 4.79 Å². The molecule has 3 rings (SSSR count). The Bertz CT molecular complexity index is 830. The molecule has 1 aromatic heterocycles. The quantitative estimate of drug-likeness (QED) is 0.622. The maximum atomic E-state index is 12.2. The zero-order valence-electron chi connectivity index (χ0n) is 14.2. The summed E-state index contributed by atoms with van der Waals surface area (Å²) < 4.78 is 0. The molecule has 0 spiro atoms. The number of hydrogen-bond donors (Lipinski definition) is 2. The zero-order chi connectivity index (χ0) is 17.5. The first kappa shape index (κ1) is 17.2. The highest BCUT2D eigenvalue weighted by Gasteiger charge is 2.10. The number of benzene rings is 2. The Morgan fingerprint density at radius 1 is 1.08 bits per heavy atom. The topological polar surface area (TPSA) is 54.0 Å². The van der Waals surface area contributed by atoms with E-state index in [-0.39, 0.29) is 6.03 Å². The summed E-state index contributed by atoms with van der Waals surface area (Å²) in [5.41, 5.74) is 3.89. The van der Waals surface area contributed by atoms with Crippen molar-refractivity contribution in [3.05, 3.63) is 70.5 Å². The van der Waals surface area contributed by atoms with E-state index in [4.69, 9.17) is 0 Å². The van der Waals surface area contributed by atoms with Gasteiger partial charge in [-0.05, 0) is 31.4 Å². The van der Waals surface area contributed by atoms with Gasteiger partial charge in [-0.1, -0.05) is 48.5 Å². The van der Waals surface area contributed by atoms with Crippen LogP contribution in [-0.2, 0) is 6.42 Å². The Balaban J connectivity index is 1.53. The zero-order valence-corrected chi connectivity index (χ0v) is 15.0. The largest absolute Gasteiger partial charge is 0.338 e. The van der Waals surface area contributed by atoms with Crippen molar-refractivity contribution in [2.45, 2.75) is 19.8 Å². The van der Waals surface area contributed by atoms with Crippen molar-refractivity contribution in [3.8, 4) is 11.3 Å². The van der Waals surface area contributed by atoms with Crippen LogP contribution in [0.5, 0.6) is 0 Å². The highest BCUT2D eigenvalue weighted by Crippen LogP contribution is 2.28. The van der Waals surface area contributed by atoms with Crippen molar-refractivity contribution in [3.63, 3.8) is 0 Å². The van der Waals surface area contributed by atoms with Gasteiger partial charge in [0.05, 0.1) is 16.4 Å². The summed E-state index contributed by atoms with van der Waals surface area (Å²) in [7, 11) is 0. The molecule has 3 aromatic rings. The van der Waals surface area contributed by atoms with E-state index >= 15 is 0 Å². The van der Waals surface area contributed by atoms with E-state index in [2.05, 4.69) is 27.8 Å². The second-order valence-electron chi connectivity index (χ2n) is 5.77. The number of nitrogens with one attached hydrogen (secondary N) is 2. The highest BCUT2D eigenvalue weighted by molar-refractivity contribution is 7.09. The molecule has 0 unspecified atom stereocenters. The average molecular weight is 351 g/mol. The predicted molar refractivity (Wildman–Crippen MR) is 104 cm³/mol. The molecule has 0 aliphatic heterocycles. The van der Waals surface area contributed by atoms with Gasteiger partial charge in [0.15, 0.2) is 0 Å². The summed E-state index contributed by atoms with van der Waals surface area (Å²) in [5, 5.41) is 8.87. The first-order chi connectivity index (χ1) is 12.2. The molecule has 0 saturated carbocycles. The van der Waals surface area contributed by atoms with Crippen molar-refractivity contribution in [2.24, 2.45) is 0 Å². The van der Waals surface area contributed by atoms with Gasteiger partial charge in [0, 0.05) is 17.5 Å². The van der Waals surface area contributed by atoms with Crippen LogP contribution in [0.3, 0.4) is 0 Å². The number of carbonyl (C=O) groups is 1. The van der Waals surface area contributed by atoms with Crippen LogP contribution in [0.2, 0.25) is 0 Å². The Morgan fingerprint density at radius 2 is 1.84 bits per heavy atom. The molecule has 5 heteroatoms. The van der Waals surface area contributed by atoms with Crippen molar-refractivity contribution >= 4 is 23.1 Å². The minimum atomic E-state index is -0.188. The van der Waals surface area contributed by atoms with Crippen molar-refractivity contribution in [1.29, 1.82) is 0 Å². The van der Waals surface area contributed by atoms with E-state index in [1.54, 1.807) is 11.3 Å². The minimum absolute atomic E-state index is 0.188. The first-order valence-corrected chi connectivity index (χ1v) is 9.20. The number of amides is 2. The van der Waals surface area contributed by atoms with Gasteiger partial charge in [0.2, 0.25) is 0 Å². The van der Waals surface area contributed by atoms with Gasteiger partial charge in [-0.2, -0.15) is 0 Å². The molecule has 2 N–H and O–H groups in total. The smallest absolute Gasteiger partial charge is 0.319 e. The van der Waals surface area contributed by atoms with Crippen LogP contribution in [-0.4, -0.2) is 17.6 Å². The summed E-state index contributed by atoms with van der Waals surface area (Å²) >= 11 is 1.60. The maximum Gasteiger partial charge on any atom is 0.319 e. The predicted octanol–water partition coefficient (Wildman–Crippen LogP) is 4.87. The molecule has 2 amide bonds. The van der Waals surface area contributed by atoms with E-state index in [1.807, 2.05) is 54.8 Å². The number of aromatic nitrogens is 1. The number of hydrogen-bond acceptors (Lipinski definition) is 3. The van der Waals surface area contributed by atoms with Crippen LogP contribution < -0.4 is 10.6 Å². The van der Waals surface area contributed by atoms with Crippen LogP contribution >= 0.6 is 11.3 Å². The molecular formula is C20H21N3OS. The summed E-state index contributed by atoms with van der Waals surface area (Å²) in [6, 6.07) is 17.8. The molecule has 25 heavy (non-hydrogen) atoms. The van der Waals surface area contributed by atoms with Gasteiger partial charge in [0.25, 0.3) is 0 Å². The lowest BCUT2D eigenvalue weighted by Gasteiger charge is -2.11. The number of anilines is 1. The number of nitrogens with zero attached hydrogens (tertiary/aromatic N) is 1. The van der Waals surface area contributed by atoms with Gasteiger partial charge in [-0.3, -0.25) is 0 Å². The normalized spacial score (nSPS) is 10.4. The van der Waals surface area contributed by atoms with Crippen LogP contribution in [0.25, 0.3) is 11.3 Å². The number of carbonyl (C=O) groups excluding carboxylic acids is 1. The maximum absolute atomic E-state index is 12.2. The number of para-hydroxylation sites is 1. The van der Waals surface area contributed by atoms with Gasteiger partial charge in [0.1, 0.15) is 0 Å². The third-order valence-electron chi connectivity index (χ3n) is 3.84. The van der Waals surface area contributed by atoms with Crippen LogP contribution in [0.4, 0.5) is 10.5 Å². The third kappa shape index (κ3) is 4.90. The lowest BCUT2D eigenvalue weighted by Crippen LogP contribution is -2.29. The van der Waals surface area contributed by atoms with E-state index < -0.39 is 0 Å². The molecule has 0 fully saturated rings. The van der Waals surface area contributed by atoms with Gasteiger partial charge in [-0.15, -0.1) is 11.3 Å². The molecule has 2 aromatic carbocycles. The fourth-order valence-electron chi connectivity index (χ4n) is 2.61. The van der Waals surface area contributed by atoms with Gasteiger partial charge in [-0.25, -0.2) is 9.78 Å². The molecular weight excluding hydrogens is 330 g/mol. The second-order valence-corrected chi connectivity index (χ2v) is 6.83. The van der Waals surface area contributed by atoms with Crippen LogP contribution in [0, 0.1) is 6.92 Å². The van der Waals surface area contributed by atoms with Crippen molar-refractivity contribution in [1.82, 2.24) is 10.3 Å². The Morgan fingerprint density at radius 3 is 2.60 bits per heavy atom. The van der Waals surface area contributed by atoms with Crippen molar-refractivity contribution in [2.75, 3.05) is 11.9 Å². The molecule has 0 atom stereocenters. The summed E-state index contributed by atoms with van der Waals surface area (Å²) in [6.07, 6.45) is 1.86. The van der Waals surface area contributed by atoms with E-state index in [9.17, 15) is 4.79 Å². The first-order valence-electron chi connectivity index (χ1n) is 8.32.